The summed E-state index contributed by atoms with van der Waals surface area (Å²) in [5.74, 6) is 0.129. The lowest BCUT2D eigenvalue weighted by Crippen LogP contribution is -2.36. The van der Waals surface area contributed by atoms with E-state index in [4.69, 9.17) is 16.3 Å². The molecule has 0 aromatic heterocycles. The van der Waals surface area contributed by atoms with Gasteiger partial charge in [0.2, 0.25) is 11.8 Å². The number of fused-ring (bicyclic) bond motifs is 1. The Morgan fingerprint density at radius 1 is 1.22 bits per heavy atom. The van der Waals surface area contributed by atoms with E-state index >= 15 is 0 Å². The molecule has 6 heteroatoms. The summed E-state index contributed by atoms with van der Waals surface area (Å²) in [5, 5.41) is 0.587. The normalized spacial score (nSPS) is 18.8. The predicted molar refractivity (Wildman–Crippen MR) is 106 cm³/mol. The number of anilines is 2. The summed E-state index contributed by atoms with van der Waals surface area (Å²) in [6, 6.07) is 11.5. The predicted octanol–water partition coefficient (Wildman–Crippen LogP) is 3.60. The Hall–Kier alpha value is -2.53. The number of methoxy groups -OCH3 is 1. The molecule has 0 radical (unpaired) electrons. The second-order valence-electron chi connectivity index (χ2n) is 7.05. The van der Waals surface area contributed by atoms with E-state index in [1.165, 1.54) is 5.56 Å². The molecule has 2 aliphatic heterocycles. The van der Waals surface area contributed by atoms with Crippen molar-refractivity contribution >= 4 is 34.8 Å². The van der Waals surface area contributed by atoms with E-state index in [1.807, 2.05) is 36.1 Å². The number of halogens is 1. The van der Waals surface area contributed by atoms with Crippen LogP contribution >= 0.6 is 11.6 Å². The van der Waals surface area contributed by atoms with Crippen molar-refractivity contribution in [3.05, 3.63) is 52.5 Å². The molecule has 0 spiro atoms. The number of carbonyl (C=O) groups excluding carboxylic acids is 2. The Labute approximate surface area is 163 Å². The molecule has 140 valence electrons. The van der Waals surface area contributed by atoms with Crippen molar-refractivity contribution in [2.75, 3.05) is 30.0 Å². The third-order valence-corrected chi connectivity index (χ3v) is 5.79. The van der Waals surface area contributed by atoms with E-state index in [-0.39, 0.29) is 24.2 Å². The van der Waals surface area contributed by atoms with Crippen LogP contribution in [0.5, 0.6) is 5.75 Å². The van der Waals surface area contributed by atoms with Crippen LogP contribution in [0.3, 0.4) is 0 Å². The third-order valence-electron chi connectivity index (χ3n) is 5.38. The van der Waals surface area contributed by atoms with E-state index < -0.39 is 0 Å². The van der Waals surface area contributed by atoms with Crippen LogP contribution in [0, 0.1) is 12.8 Å². The highest BCUT2D eigenvalue weighted by atomic mass is 35.5. The topological polar surface area (TPSA) is 49.9 Å². The van der Waals surface area contributed by atoms with Gasteiger partial charge in [-0.3, -0.25) is 9.59 Å². The highest BCUT2D eigenvalue weighted by Crippen LogP contribution is 2.38. The number of nitrogens with zero attached hydrogens (tertiary/aromatic N) is 2. The Balaban J connectivity index is 1.59. The standard InChI is InChI=1S/C21H21ClN2O3/c1-13-9-18(19(27-2)11-16(13)22)24-12-15(10-20(24)25)21(26)23-8-7-14-5-3-4-6-17(14)23/h3-6,9,11,15H,7-8,10,12H2,1-2H3. The first-order valence-corrected chi connectivity index (χ1v) is 9.41. The lowest BCUT2D eigenvalue weighted by molar-refractivity contribution is -0.124. The average Bonchev–Trinajstić information content (AvgIpc) is 3.27. The minimum atomic E-state index is -0.357. The summed E-state index contributed by atoms with van der Waals surface area (Å²) in [4.78, 5) is 29.3. The summed E-state index contributed by atoms with van der Waals surface area (Å²) < 4.78 is 5.41. The molecule has 0 N–H and O–H groups in total. The van der Waals surface area contributed by atoms with Gasteiger partial charge in [0.05, 0.1) is 18.7 Å². The van der Waals surface area contributed by atoms with E-state index in [2.05, 4.69) is 6.07 Å². The third kappa shape index (κ3) is 3.06. The molecule has 2 heterocycles. The summed E-state index contributed by atoms with van der Waals surface area (Å²) >= 11 is 6.18. The molecule has 1 atom stereocenters. The molecule has 2 amide bonds. The average molecular weight is 385 g/mol. The van der Waals surface area contributed by atoms with Gasteiger partial charge >= 0.3 is 0 Å². The van der Waals surface area contributed by atoms with Gasteiger partial charge in [0.1, 0.15) is 5.75 Å². The highest BCUT2D eigenvalue weighted by molar-refractivity contribution is 6.31. The van der Waals surface area contributed by atoms with Crippen LogP contribution in [-0.4, -0.2) is 32.0 Å². The highest BCUT2D eigenvalue weighted by Gasteiger charge is 2.39. The fourth-order valence-electron chi connectivity index (χ4n) is 3.92. The fraction of sp³-hybridized carbons (Fsp3) is 0.333. The van der Waals surface area contributed by atoms with Crippen molar-refractivity contribution in [3.63, 3.8) is 0 Å². The Bertz CT molecular complexity index is 928. The van der Waals surface area contributed by atoms with Crippen LogP contribution in [0.2, 0.25) is 5.02 Å². The molecule has 5 nitrogen and oxygen atoms in total. The molecule has 1 unspecified atom stereocenters. The zero-order chi connectivity index (χ0) is 19.1. The number of para-hydroxylation sites is 1. The number of carbonyl (C=O) groups is 2. The molecule has 1 saturated heterocycles. The van der Waals surface area contributed by atoms with Gasteiger partial charge in [-0.1, -0.05) is 29.8 Å². The summed E-state index contributed by atoms with van der Waals surface area (Å²) in [5.41, 5.74) is 3.68. The molecular formula is C21H21ClN2O3. The number of ether oxygens (including phenoxy) is 1. The Kier molecular flexibility index (Phi) is 4.56. The van der Waals surface area contributed by atoms with Crippen LogP contribution in [0.1, 0.15) is 17.5 Å². The Morgan fingerprint density at radius 2 is 2.00 bits per heavy atom. The first-order chi connectivity index (χ1) is 13.0. The minimum Gasteiger partial charge on any atom is -0.495 e. The van der Waals surface area contributed by atoms with E-state index in [0.717, 1.165) is 17.7 Å². The fourth-order valence-corrected chi connectivity index (χ4v) is 4.07. The smallest absolute Gasteiger partial charge is 0.232 e. The summed E-state index contributed by atoms with van der Waals surface area (Å²) in [7, 11) is 1.55. The largest absolute Gasteiger partial charge is 0.495 e. The van der Waals surface area contributed by atoms with E-state index in [0.29, 0.717) is 29.5 Å². The van der Waals surface area contributed by atoms with Crippen LogP contribution in [0.4, 0.5) is 11.4 Å². The van der Waals surface area contributed by atoms with Crippen molar-refractivity contribution < 1.29 is 14.3 Å². The van der Waals surface area contributed by atoms with Crippen LogP contribution < -0.4 is 14.5 Å². The number of aryl methyl sites for hydroxylation is 1. The molecule has 2 aromatic carbocycles. The molecule has 27 heavy (non-hydrogen) atoms. The zero-order valence-electron chi connectivity index (χ0n) is 15.4. The molecular weight excluding hydrogens is 364 g/mol. The van der Waals surface area contributed by atoms with Crippen molar-refractivity contribution in [3.8, 4) is 5.75 Å². The number of rotatable bonds is 3. The van der Waals surface area contributed by atoms with Crippen molar-refractivity contribution in [2.24, 2.45) is 5.92 Å². The van der Waals surface area contributed by atoms with Gasteiger partial charge in [-0.15, -0.1) is 0 Å². The lowest BCUT2D eigenvalue weighted by atomic mass is 10.1. The van der Waals surface area contributed by atoms with Gasteiger partial charge in [-0.25, -0.2) is 0 Å². The molecule has 1 fully saturated rings. The maximum absolute atomic E-state index is 13.1. The number of hydrogen-bond acceptors (Lipinski definition) is 3. The van der Waals surface area contributed by atoms with Crippen LogP contribution in [0.15, 0.2) is 36.4 Å². The maximum atomic E-state index is 13.1. The molecule has 0 bridgehead atoms. The zero-order valence-corrected chi connectivity index (χ0v) is 16.1. The molecule has 0 saturated carbocycles. The molecule has 4 rings (SSSR count). The van der Waals surface area contributed by atoms with Gasteiger partial charge in [-0.05, 0) is 36.6 Å². The van der Waals surface area contributed by atoms with Crippen molar-refractivity contribution in [1.82, 2.24) is 0 Å². The van der Waals surface area contributed by atoms with Crippen LogP contribution in [0.25, 0.3) is 0 Å². The number of amides is 2. The van der Waals surface area contributed by atoms with Crippen molar-refractivity contribution in [2.45, 2.75) is 19.8 Å². The SMILES string of the molecule is COc1cc(Cl)c(C)cc1N1CC(C(=O)N2CCc3ccccc32)CC1=O. The van der Waals surface area contributed by atoms with Gasteiger partial charge in [0.25, 0.3) is 0 Å². The quantitative estimate of drug-likeness (QED) is 0.812. The second kappa shape index (κ2) is 6.89. The maximum Gasteiger partial charge on any atom is 0.232 e. The number of benzene rings is 2. The first-order valence-electron chi connectivity index (χ1n) is 9.03. The molecule has 2 aliphatic rings. The number of hydrogen-bond donors (Lipinski definition) is 0. The van der Waals surface area contributed by atoms with Crippen molar-refractivity contribution in [1.29, 1.82) is 0 Å². The summed E-state index contributed by atoms with van der Waals surface area (Å²) in [6.45, 7) is 2.91. The monoisotopic (exact) mass is 384 g/mol. The van der Waals surface area contributed by atoms with Gasteiger partial charge in [0, 0.05) is 36.3 Å². The summed E-state index contributed by atoms with van der Waals surface area (Å²) in [6.07, 6.45) is 1.07. The lowest BCUT2D eigenvalue weighted by Gasteiger charge is -2.23. The molecule has 2 aromatic rings. The van der Waals surface area contributed by atoms with Crippen LogP contribution in [-0.2, 0) is 16.0 Å². The van der Waals surface area contributed by atoms with E-state index in [9.17, 15) is 9.59 Å². The van der Waals surface area contributed by atoms with E-state index in [1.54, 1.807) is 18.1 Å². The van der Waals surface area contributed by atoms with Gasteiger partial charge in [-0.2, -0.15) is 0 Å². The second-order valence-corrected chi connectivity index (χ2v) is 7.45. The molecule has 0 aliphatic carbocycles. The first kappa shape index (κ1) is 17.9. The van der Waals surface area contributed by atoms with Gasteiger partial charge < -0.3 is 14.5 Å². The Morgan fingerprint density at radius 3 is 2.78 bits per heavy atom. The van der Waals surface area contributed by atoms with Gasteiger partial charge in [0.15, 0.2) is 0 Å². The minimum absolute atomic E-state index is 0.0143.